The van der Waals surface area contributed by atoms with Gasteiger partial charge in [0.05, 0.1) is 7.11 Å². The number of rotatable bonds is 12. The fourth-order valence-electron chi connectivity index (χ4n) is 4.09. The van der Waals surface area contributed by atoms with Crippen LogP contribution in [0, 0.1) is 11.8 Å². The van der Waals surface area contributed by atoms with Crippen molar-refractivity contribution >= 4 is 27.8 Å². The van der Waals surface area contributed by atoms with Gasteiger partial charge in [0.2, 0.25) is 5.75 Å². The number of sulfonamides is 1. The highest BCUT2D eigenvalue weighted by Gasteiger charge is 2.26. The Balaban J connectivity index is 1.47. The zero-order valence-corrected chi connectivity index (χ0v) is 27.5. The molecular formula is C34H31N7O7S. The van der Waals surface area contributed by atoms with Crippen LogP contribution in [0.1, 0.15) is 25.3 Å². The summed E-state index contributed by atoms with van der Waals surface area (Å²) in [7, 11) is -2.82. The van der Waals surface area contributed by atoms with Gasteiger partial charge in [-0.3, -0.25) is 15.0 Å². The Bertz CT molecular complexity index is 2050. The lowest BCUT2D eigenvalue weighted by atomic mass is 10.1. The lowest BCUT2D eigenvalue weighted by molar-refractivity contribution is 0.176. The minimum Gasteiger partial charge on any atom is -0.493 e. The van der Waals surface area contributed by atoms with Crippen molar-refractivity contribution in [3.8, 4) is 46.4 Å². The van der Waals surface area contributed by atoms with E-state index >= 15 is 0 Å². The quantitative estimate of drug-likeness (QED) is 0.154. The molecule has 14 nitrogen and oxygen atoms in total. The molecule has 4 heterocycles. The second kappa shape index (κ2) is 16.0. The summed E-state index contributed by atoms with van der Waals surface area (Å²) in [6.07, 6.45) is 5.39. The Morgan fingerprint density at radius 2 is 1.63 bits per heavy atom. The molecule has 0 saturated heterocycles. The number of hydrogen-bond donors (Lipinski definition) is 2. The van der Waals surface area contributed by atoms with Crippen LogP contribution in [0.5, 0.6) is 23.1 Å². The second-order valence-electron chi connectivity index (χ2n) is 10.3. The summed E-state index contributed by atoms with van der Waals surface area (Å²) in [6, 6.07) is 18.2. The summed E-state index contributed by atoms with van der Waals surface area (Å²) in [5.74, 6) is 6.05. The third-order valence-electron chi connectivity index (χ3n) is 6.56. The standard InChI is InChI=1S/C34H31N7O7S/c1-23(2)25-13-14-29(37-22-25)49(43,44)41-32-30(48-27-11-5-4-10-26(27)45-3)33(40-31(39-32)24-15-18-35-19-16-24)46-20-8-9-21-47-34(42)38-28-12-6-7-17-36-28/h4-7,10-19,22-23H,20-21H2,1-3H3,(H,36,38,42)(H,39,40,41). The number of hydrogen-bond acceptors (Lipinski definition) is 12. The normalized spacial score (nSPS) is 10.8. The van der Waals surface area contributed by atoms with Gasteiger partial charge >= 0.3 is 6.09 Å². The topological polar surface area (TPSA) is 177 Å². The number of methoxy groups -OCH3 is 1. The summed E-state index contributed by atoms with van der Waals surface area (Å²) in [4.78, 5) is 33.3. The predicted octanol–water partition coefficient (Wildman–Crippen LogP) is 5.68. The first kappa shape index (κ1) is 34.1. The number of carbonyl (C=O) groups is 1. The summed E-state index contributed by atoms with van der Waals surface area (Å²) < 4.78 is 52.4. The Kier molecular flexibility index (Phi) is 11.1. The van der Waals surface area contributed by atoms with E-state index in [1.54, 1.807) is 60.7 Å². The summed E-state index contributed by atoms with van der Waals surface area (Å²) in [6.45, 7) is 3.47. The Labute approximate surface area is 283 Å². The number of ether oxygens (including phenoxy) is 4. The maximum atomic E-state index is 13.6. The van der Waals surface area contributed by atoms with Crippen LogP contribution in [0.4, 0.5) is 16.4 Å². The van der Waals surface area contributed by atoms with E-state index in [9.17, 15) is 13.2 Å². The van der Waals surface area contributed by atoms with E-state index in [-0.39, 0.29) is 53.2 Å². The number of aromatic nitrogens is 5. The molecular weight excluding hydrogens is 650 g/mol. The highest BCUT2D eigenvalue weighted by atomic mass is 32.2. The summed E-state index contributed by atoms with van der Waals surface area (Å²) in [5, 5.41) is 2.25. The molecule has 0 aliphatic rings. The number of carbonyl (C=O) groups excluding carboxylic acids is 1. The van der Waals surface area contributed by atoms with Gasteiger partial charge in [0.15, 0.2) is 41.4 Å². The number of nitrogens with zero attached hydrogens (tertiary/aromatic N) is 5. The summed E-state index contributed by atoms with van der Waals surface area (Å²) >= 11 is 0. The molecule has 49 heavy (non-hydrogen) atoms. The first-order valence-corrected chi connectivity index (χ1v) is 16.3. The number of amides is 1. The van der Waals surface area contributed by atoms with Gasteiger partial charge in [0, 0.05) is 30.4 Å². The number of nitrogens with one attached hydrogen (secondary N) is 2. The van der Waals surface area contributed by atoms with E-state index in [1.165, 1.54) is 38.0 Å². The fraction of sp³-hybridized carbons (Fsp3) is 0.176. The first-order chi connectivity index (χ1) is 23.7. The molecule has 0 aliphatic heterocycles. The van der Waals surface area contributed by atoms with Gasteiger partial charge in [0.25, 0.3) is 15.9 Å². The molecule has 0 aliphatic carbocycles. The zero-order valence-electron chi connectivity index (χ0n) is 26.7. The van der Waals surface area contributed by atoms with E-state index in [0.717, 1.165) is 5.56 Å². The van der Waals surface area contributed by atoms with Crippen LogP contribution in [-0.4, -0.2) is 59.8 Å². The molecule has 2 N–H and O–H groups in total. The average molecular weight is 682 g/mol. The van der Waals surface area contributed by atoms with E-state index < -0.39 is 16.1 Å². The van der Waals surface area contributed by atoms with E-state index in [4.69, 9.17) is 18.9 Å². The SMILES string of the molecule is COc1ccccc1Oc1c(NS(=O)(=O)c2ccc(C(C)C)cn2)nc(-c2ccncc2)nc1OCC#CCOC(=O)Nc1ccccn1. The van der Waals surface area contributed by atoms with Gasteiger partial charge < -0.3 is 18.9 Å². The van der Waals surface area contributed by atoms with Gasteiger partial charge in [0.1, 0.15) is 5.82 Å². The van der Waals surface area contributed by atoms with Crippen molar-refractivity contribution in [3.63, 3.8) is 0 Å². The molecule has 5 rings (SSSR count). The van der Waals surface area contributed by atoms with E-state index in [0.29, 0.717) is 17.1 Å². The molecule has 4 aromatic heterocycles. The number of anilines is 2. The maximum Gasteiger partial charge on any atom is 0.413 e. The molecule has 250 valence electrons. The summed E-state index contributed by atoms with van der Waals surface area (Å²) in [5.41, 5.74) is 1.39. The average Bonchev–Trinajstić information content (AvgIpc) is 3.11. The van der Waals surface area contributed by atoms with Crippen molar-refractivity contribution < 1.29 is 32.2 Å². The molecule has 0 unspecified atom stereocenters. The second-order valence-corrected chi connectivity index (χ2v) is 11.9. The maximum absolute atomic E-state index is 13.6. The Morgan fingerprint density at radius 3 is 2.33 bits per heavy atom. The molecule has 0 fully saturated rings. The van der Waals surface area contributed by atoms with Crippen molar-refractivity contribution in [2.45, 2.75) is 24.8 Å². The smallest absolute Gasteiger partial charge is 0.413 e. The molecule has 1 amide bonds. The predicted molar refractivity (Wildman–Crippen MR) is 180 cm³/mol. The van der Waals surface area contributed by atoms with E-state index in [2.05, 4.69) is 46.8 Å². The number of para-hydroxylation sites is 2. The molecule has 1 aromatic carbocycles. The van der Waals surface area contributed by atoms with Gasteiger partial charge in [-0.05, 0) is 53.9 Å². The largest absolute Gasteiger partial charge is 0.493 e. The van der Waals surface area contributed by atoms with Crippen LogP contribution in [0.3, 0.4) is 0 Å². The van der Waals surface area contributed by atoms with Crippen LogP contribution >= 0.6 is 0 Å². The first-order valence-electron chi connectivity index (χ1n) is 14.8. The Morgan fingerprint density at radius 1 is 0.878 bits per heavy atom. The third kappa shape index (κ3) is 9.18. The van der Waals surface area contributed by atoms with Gasteiger partial charge in [-0.1, -0.05) is 50.0 Å². The molecule has 0 atom stereocenters. The Hall–Kier alpha value is -6.27. The van der Waals surface area contributed by atoms with Crippen molar-refractivity contribution in [2.24, 2.45) is 0 Å². The van der Waals surface area contributed by atoms with Crippen LogP contribution in [0.25, 0.3) is 11.4 Å². The highest BCUT2D eigenvalue weighted by Crippen LogP contribution is 2.41. The fourth-order valence-corrected chi connectivity index (χ4v) is 5.03. The lowest BCUT2D eigenvalue weighted by Crippen LogP contribution is -2.17. The molecule has 0 bridgehead atoms. The third-order valence-corrected chi connectivity index (χ3v) is 7.82. The van der Waals surface area contributed by atoms with E-state index in [1.807, 2.05) is 13.8 Å². The van der Waals surface area contributed by atoms with Crippen LogP contribution in [0.2, 0.25) is 0 Å². The molecule has 5 aromatic rings. The lowest BCUT2D eigenvalue weighted by Gasteiger charge is -2.18. The molecule has 0 radical (unpaired) electrons. The number of benzene rings is 1. The molecule has 15 heteroatoms. The van der Waals surface area contributed by atoms with Crippen molar-refractivity contribution in [3.05, 3.63) is 97.1 Å². The molecule has 0 saturated carbocycles. The molecule has 0 spiro atoms. The van der Waals surface area contributed by atoms with Crippen LogP contribution in [-0.2, 0) is 14.8 Å². The minimum atomic E-state index is -4.28. The van der Waals surface area contributed by atoms with Gasteiger partial charge in [-0.15, -0.1) is 0 Å². The van der Waals surface area contributed by atoms with Crippen LogP contribution < -0.4 is 24.2 Å². The van der Waals surface area contributed by atoms with Crippen molar-refractivity contribution in [1.82, 2.24) is 24.9 Å². The van der Waals surface area contributed by atoms with Crippen LogP contribution in [0.15, 0.2) is 96.5 Å². The van der Waals surface area contributed by atoms with Gasteiger partial charge in [-0.2, -0.15) is 13.4 Å². The van der Waals surface area contributed by atoms with Crippen molar-refractivity contribution in [2.75, 3.05) is 30.4 Å². The number of pyridine rings is 3. The monoisotopic (exact) mass is 681 g/mol. The zero-order chi connectivity index (χ0) is 34.6. The minimum absolute atomic E-state index is 0.105. The van der Waals surface area contributed by atoms with Crippen molar-refractivity contribution in [1.29, 1.82) is 0 Å². The van der Waals surface area contributed by atoms with Gasteiger partial charge in [-0.25, -0.2) is 19.7 Å². The highest BCUT2D eigenvalue weighted by molar-refractivity contribution is 7.92.